The van der Waals surface area contributed by atoms with Crippen LogP contribution in [0.1, 0.15) is 13.3 Å². The molecule has 22 heavy (non-hydrogen) atoms. The van der Waals surface area contributed by atoms with Crippen molar-refractivity contribution in [3.8, 4) is 5.75 Å². The molecule has 0 bridgehead atoms. The number of anilines is 1. The largest absolute Gasteiger partial charge is 0.495 e. The second-order valence-electron chi connectivity index (χ2n) is 5.37. The van der Waals surface area contributed by atoms with E-state index in [1.807, 2.05) is 24.0 Å². The fraction of sp³-hybridized carbons (Fsp3) is 0.533. The van der Waals surface area contributed by atoms with Crippen LogP contribution in [0.3, 0.4) is 0 Å². The summed E-state index contributed by atoms with van der Waals surface area (Å²) < 4.78 is 28.4. The molecule has 122 valence electrons. The number of ether oxygens (including phenoxy) is 1. The van der Waals surface area contributed by atoms with E-state index in [0.29, 0.717) is 24.4 Å². The van der Waals surface area contributed by atoms with E-state index in [0.717, 1.165) is 0 Å². The standard InChI is InChI=1S/C15H22N2O4S/c1-3-17(12-8-9-22(19,20)11-12)10-15(18)16-13-6-4-5-7-14(13)21-2/h4-7,12H,3,8-11H2,1-2H3,(H,16,18). The molecule has 0 saturated carbocycles. The van der Waals surface area contributed by atoms with Crippen molar-refractivity contribution in [1.29, 1.82) is 0 Å². The average Bonchev–Trinajstić information content (AvgIpc) is 2.85. The minimum atomic E-state index is -2.95. The Balaban J connectivity index is 1.98. The van der Waals surface area contributed by atoms with E-state index in [4.69, 9.17) is 4.74 Å². The monoisotopic (exact) mass is 326 g/mol. The summed E-state index contributed by atoms with van der Waals surface area (Å²) in [7, 11) is -1.40. The summed E-state index contributed by atoms with van der Waals surface area (Å²) in [5.41, 5.74) is 0.616. The number of carbonyl (C=O) groups excluding carboxylic acids is 1. The Morgan fingerprint density at radius 1 is 1.41 bits per heavy atom. The molecule has 1 amide bonds. The summed E-state index contributed by atoms with van der Waals surface area (Å²) in [5, 5.41) is 2.82. The maximum atomic E-state index is 12.2. The van der Waals surface area contributed by atoms with Crippen molar-refractivity contribution in [3.05, 3.63) is 24.3 Å². The number of benzene rings is 1. The summed E-state index contributed by atoms with van der Waals surface area (Å²) in [5.74, 6) is 0.781. The molecule has 1 fully saturated rings. The van der Waals surface area contributed by atoms with Gasteiger partial charge in [0.25, 0.3) is 0 Å². The predicted molar refractivity (Wildman–Crippen MR) is 85.9 cm³/mol. The minimum Gasteiger partial charge on any atom is -0.495 e. The van der Waals surface area contributed by atoms with Crippen LogP contribution in [-0.2, 0) is 14.6 Å². The zero-order valence-electron chi connectivity index (χ0n) is 12.9. The molecule has 1 N–H and O–H groups in total. The molecule has 0 radical (unpaired) electrons. The van der Waals surface area contributed by atoms with Gasteiger partial charge >= 0.3 is 0 Å². The third kappa shape index (κ3) is 4.20. The number of methoxy groups -OCH3 is 1. The first-order valence-electron chi connectivity index (χ1n) is 7.32. The Kier molecular flexibility index (Phi) is 5.42. The number of rotatable bonds is 6. The summed E-state index contributed by atoms with van der Waals surface area (Å²) in [6, 6.07) is 7.12. The molecule has 0 aliphatic carbocycles. The average molecular weight is 326 g/mol. The Morgan fingerprint density at radius 2 is 2.14 bits per heavy atom. The second-order valence-corrected chi connectivity index (χ2v) is 7.60. The van der Waals surface area contributed by atoms with E-state index in [-0.39, 0.29) is 30.0 Å². The van der Waals surface area contributed by atoms with Crippen LogP contribution in [0.2, 0.25) is 0 Å². The number of likely N-dealkylation sites (N-methyl/N-ethyl adjacent to an activating group) is 1. The van der Waals surface area contributed by atoms with Crippen molar-refractivity contribution in [1.82, 2.24) is 4.90 Å². The normalized spacial score (nSPS) is 20.0. The maximum absolute atomic E-state index is 12.2. The van der Waals surface area contributed by atoms with Crippen LogP contribution in [-0.4, -0.2) is 57.0 Å². The number of sulfone groups is 1. The number of amides is 1. The van der Waals surface area contributed by atoms with E-state index in [2.05, 4.69) is 5.32 Å². The molecule has 1 aromatic carbocycles. The number of carbonyl (C=O) groups is 1. The van der Waals surface area contributed by atoms with Crippen LogP contribution in [0.4, 0.5) is 5.69 Å². The SMILES string of the molecule is CCN(CC(=O)Nc1ccccc1OC)C1CCS(=O)(=O)C1. The predicted octanol–water partition coefficient (Wildman–Crippen LogP) is 1.14. The fourth-order valence-corrected chi connectivity index (χ4v) is 4.45. The second kappa shape index (κ2) is 7.11. The van der Waals surface area contributed by atoms with Crippen molar-refractivity contribution >= 4 is 21.4 Å². The first-order valence-corrected chi connectivity index (χ1v) is 9.14. The van der Waals surface area contributed by atoms with Gasteiger partial charge in [0.05, 0.1) is 30.8 Å². The zero-order valence-corrected chi connectivity index (χ0v) is 13.7. The number of nitrogens with one attached hydrogen (secondary N) is 1. The van der Waals surface area contributed by atoms with Crippen molar-refractivity contribution in [2.45, 2.75) is 19.4 Å². The Morgan fingerprint density at radius 3 is 2.73 bits per heavy atom. The van der Waals surface area contributed by atoms with Crippen LogP contribution in [0.25, 0.3) is 0 Å². The summed E-state index contributed by atoms with van der Waals surface area (Å²) in [6.07, 6.45) is 0.595. The topological polar surface area (TPSA) is 75.7 Å². The molecule has 2 rings (SSSR count). The van der Waals surface area contributed by atoms with Crippen molar-refractivity contribution in [2.24, 2.45) is 0 Å². The van der Waals surface area contributed by atoms with Crippen LogP contribution in [0, 0.1) is 0 Å². The number of hydrogen-bond acceptors (Lipinski definition) is 5. The highest BCUT2D eigenvalue weighted by Gasteiger charge is 2.32. The number of hydrogen-bond donors (Lipinski definition) is 1. The van der Waals surface area contributed by atoms with Gasteiger partial charge in [0, 0.05) is 6.04 Å². The van der Waals surface area contributed by atoms with Gasteiger partial charge in [-0.05, 0) is 25.1 Å². The molecule has 1 atom stereocenters. The molecule has 0 aromatic heterocycles. The summed E-state index contributed by atoms with van der Waals surface area (Å²) in [6.45, 7) is 2.75. The lowest BCUT2D eigenvalue weighted by Crippen LogP contribution is -2.41. The third-order valence-corrected chi connectivity index (χ3v) is 5.61. The Labute approximate surface area is 131 Å². The van der Waals surface area contributed by atoms with Gasteiger partial charge in [-0.2, -0.15) is 0 Å². The smallest absolute Gasteiger partial charge is 0.238 e. The number of para-hydroxylation sites is 2. The lowest BCUT2D eigenvalue weighted by Gasteiger charge is -2.25. The van der Waals surface area contributed by atoms with Crippen LogP contribution in [0.5, 0.6) is 5.75 Å². The highest BCUT2D eigenvalue weighted by molar-refractivity contribution is 7.91. The zero-order chi connectivity index (χ0) is 16.2. The number of nitrogens with zero attached hydrogens (tertiary/aromatic N) is 1. The van der Waals surface area contributed by atoms with Crippen molar-refractivity contribution in [3.63, 3.8) is 0 Å². The molecule has 0 spiro atoms. The fourth-order valence-electron chi connectivity index (χ4n) is 2.68. The highest BCUT2D eigenvalue weighted by Crippen LogP contribution is 2.23. The highest BCUT2D eigenvalue weighted by atomic mass is 32.2. The van der Waals surface area contributed by atoms with Gasteiger partial charge < -0.3 is 10.1 Å². The molecular formula is C15H22N2O4S. The molecule has 6 nitrogen and oxygen atoms in total. The maximum Gasteiger partial charge on any atom is 0.238 e. The molecular weight excluding hydrogens is 304 g/mol. The van der Waals surface area contributed by atoms with E-state index >= 15 is 0 Å². The molecule has 1 heterocycles. The molecule has 1 aliphatic rings. The van der Waals surface area contributed by atoms with Crippen molar-refractivity contribution in [2.75, 3.05) is 37.0 Å². The van der Waals surface area contributed by atoms with Crippen LogP contribution < -0.4 is 10.1 Å². The van der Waals surface area contributed by atoms with Gasteiger partial charge in [-0.1, -0.05) is 19.1 Å². The minimum absolute atomic E-state index is 0.0709. The first kappa shape index (κ1) is 16.8. The molecule has 7 heteroatoms. The molecule has 1 aromatic rings. The van der Waals surface area contributed by atoms with Crippen LogP contribution in [0.15, 0.2) is 24.3 Å². The summed E-state index contributed by atoms with van der Waals surface area (Å²) >= 11 is 0. The lowest BCUT2D eigenvalue weighted by molar-refractivity contribution is -0.117. The lowest BCUT2D eigenvalue weighted by atomic mass is 10.2. The van der Waals surface area contributed by atoms with Gasteiger partial charge in [-0.15, -0.1) is 0 Å². The van der Waals surface area contributed by atoms with E-state index < -0.39 is 9.84 Å². The Bertz CT molecular complexity index is 630. The van der Waals surface area contributed by atoms with Crippen molar-refractivity contribution < 1.29 is 17.9 Å². The van der Waals surface area contributed by atoms with E-state index in [1.165, 1.54) is 0 Å². The van der Waals surface area contributed by atoms with E-state index in [9.17, 15) is 13.2 Å². The van der Waals surface area contributed by atoms with E-state index in [1.54, 1.807) is 19.2 Å². The van der Waals surface area contributed by atoms with Gasteiger partial charge in [0.1, 0.15) is 5.75 Å². The van der Waals surface area contributed by atoms with Gasteiger partial charge in [-0.3, -0.25) is 9.69 Å². The Hall–Kier alpha value is -1.60. The van der Waals surface area contributed by atoms with Crippen LogP contribution >= 0.6 is 0 Å². The summed E-state index contributed by atoms with van der Waals surface area (Å²) in [4.78, 5) is 14.1. The van der Waals surface area contributed by atoms with Gasteiger partial charge in [0.2, 0.25) is 5.91 Å². The first-order chi connectivity index (χ1) is 10.4. The van der Waals surface area contributed by atoms with Gasteiger partial charge in [0.15, 0.2) is 9.84 Å². The van der Waals surface area contributed by atoms with Gasteiger partial charge in [-0.25, -0.2) is 8.42 Å². The third-order valence-electron chi connectivity index (χ3n) is 3.86. The molecule has 1 unspecified atom stereocenters. The quantitative estimate of drug-likeness (QED) is 0.848. The molecule has 1 saturated heterocycles. The molecule has 1 aliphatic heterocycles.